The highest BCUT2D eigenvalue weighted by atomic mass is 16.5. The molecule has 0 radical (unpaired) electrons. The summed E-state index contributed by atoms with van der Waals surface area (Å²) in [5.41, 5.74) is 0.598. The van der Waals surface area contributed by atoms with Crippen molar-refractivity contribution in [1.82, 2.24) is 0 Å². The van der Waals surface area contributed by atoms with E-state index in [1.54, 1.807) is 24.3 Å². The minimum atomic E-state index is 0.149. The third-order valence-corrected chi connectivity index (χ3v) is 3.43. The predicted molar refractivity (Wildman–Crippen MR) is 68.2 cm³/mol. The maximum absolute atomic E-state index is 11.9. The van der Waals surface area contributed by atoms with Gasteiger partial charge < -0.3 is 4.74 Å². The highest BCUT2D eigenvalue weighted by molar-refractivity contribution is 5.82. The molecule has 1 aromatic rings. The monoisotopic (exact) mass is 243 g/mol. The number of hydrogen-bond donors (Lipinski definition) is 0. The number of carbonyl (C=O) groups is 1. The third kappa shape index (κ3) is 3.33. The predicted octanol–water partition coefficient (Wildman–Crippen LogP) is 3.09. The van der Waals surface area contributed by atoms with Gasteiger partial charge in [0.05, 0.1) is 11.6 Å². The zero-order valence-electron chi connectivity index (χ0n) is 10.4. The Bertz CT molecular complexity index is 439. The van der Waals surface area contributed by atoms with Crippen LogP contribution in [0.25, 0.3) is 0 Å². The number of nitrogens with zero attached hydrogens (tertiary/aromatic N) is 1. The average molecular weight is 243 g/mol. The Hall–Kier alpha value is -1.82. The molecular formula is C15H17NO2. The first-order valence-corrected chi connectivity index (χ1v) is 6.45. The summed E-state index contributed by atoms with van der Waals surface area (Å²) in [5.74, 6) is 1.05. The van der Waals surface area contributed by atoms with E-state index in [0.717, 1.165) is 25.7 Å². The van der Waals surface area contributed by atoms with Crippen molar-refractivity contribution in [3.05, 3.63) is 29.8 Å². The number of hydrogen-bond acceptors (Lipinski definition) is 3. The minimum absolute atomic E-state index is 0.149. The molecule has 1 fully saturated rings. The van der Waals surface area contributed by atoms with Crippen LogP contribution in [-0.2, 0) is 4.79 Å². The summed E-state index contributed by atoms with van der Waals surface area (Å²) in [6, 6.07) is 8.90. The zero-order chi connectivity index (χ0) is 12.8. The van der Waals surface area contributed by atoms with Crippen LogP contribution in [0.2, 0.25) is 0 Å². The maximum atomic E-state index is 11.9. The fourth-order valence-corrected chi connectivity index (χ4v) is 2.32. The fraction of sp³-hybridized carbons (Fsp3) is 0.467. The van der Waals surface area contributed by atoms with Crippen LogP contribution in [0.1, 0.15) is 37.7 Å². The van der Waals surface area contributed by atoms with Gasteiger partial charge in [0.1, 0.15) is 12.4 Å². The normalized spacial score (nSPS) is 15.9. The number of rotatable bonds is 4. The lowest BCUT2D eigenvalue weighted by molar-refractivity contribution is -0.125. The second kappa shape index (κ2) is 6.20. The summed E-state index contributed by atoms with van der Waals surface area (Å²) in [6.45, 7) is 0.149. The van der Waals surface area contributed by atoms with Crippen molar-refractivity contribution in [1.29, 1.82) is 5.26 Å². The summed E-state index contributed by atoms with van der Waals surface area (Å²) in [6.07, 6.45) is 5.59. The van der Waals surface area contributed by atoms with Gasteiger partial charge in [-0.25, -0.2) is 0 Å². The van der Waals surface area contributed by atoms with Gasteiger partial charge >= 0.3 is 0 Å². The van der Waals surface area contributed by atoms with Gasteiger partial charge in [0, 0.05) is 5.92 Å². The third-order valence-electron chi connectivity index (χ3n) is 3.43. The van der Waals surface area contributed by atoms with Crippen molar-refractivity contribution in [2.45, 2.75) is 32.1 Å². The number of benzene rings is 1. The molecule has 0 spiro atoms. The fourth-order valence-electron chi connectivity index (χ4n) is 2.32. The first kappa shape index (κ1) is 12.6. The van der Waals surface area contributed by atoms with Crippen LogP contribution >= 0.6 is 0 Å². The highest BCUT2D eigenvalue weighted by Crippen LogP contribution is 2.24. The van der Waals surface area contributed by atoms with Crippen LogP contribution in [0, 0.1) is 17.2 Å². The van der Waals surface area contributed by atoms with E-state index in [2.05, 4.69) is 0 Å². The van der Waals surface area contributed by atoms with Crippen molar-refractivity contribution in [2.75, 3.05) is 6.61 Å². The molecule has 1 aliphatic rings. The Balaban J connectivity index is 1.83. The van der Waals surface area contributed by atoms with E-state index in [1.807, 2.05) is 6.07 Å². The molecule has 1 aromatic carbocycles. The van der Waals surface area contributed by atoms with Crippen molar-refractivity contribution < 1.29 is 9.53 Å². The highest BCUT2D eigenvalue weighted by Gasteiger charge is 2.21. The van der Waals surface area contributed by atoms with Gasteiger partial charge in [-0.1, -0.05) is 19.3 Å². The molecule has 0 saturated heterocycles. The maximum Gasteiger partial charge on any atom is 0.173 e. The van der Waals surface area contributed by atoms with E-state index in [-0.39, 0.29) is 18.3 Å². The van der Waals surface area contributed by atoms with E-state index >= 15 is 0 Å². The van der Waals surface area contributed by atoms with Gasteiger partial charge in [-0.3, -0.25) is 4.79 Å². The molecule has 0 aliphatic heterocycles. The minimum Gasteiger partial charge on any atom is -0.486 e. The quantitative estimate of drug-likeness (QED) is 0.816. The van der Waals surface area contributed by atoms with Crippen LogP contribution in [0.5, 0.6) is 5.75 Å². The summed E-state index contributed by atoms with van der Waals surface area (Å²) >= 11 is 0. The molecule has 0 bridgehead atoms. The van der Waals surface area contributed by atoms with Gasteiger partial charge in [-0.2, -0.15) is 5.26 Å². The van der Waals surface area contributed by atoms with E-state index in [9.17, 15) is 4.79 Å². The molecule has 0 atom stereocenters. The first-order chi connectivity index (χ1) is 8.79. The van der Waals surface area contributed by atoms with E-state index in [1.165, 1.54) is 6.42 Å². The Kier molecular flexibility index (Phi) is 4.35. The number of Topliss-reactive ketones (excluding diaryl/α,β-unsaturated/α-hetero) is 1. The molecule has 18 heavy (non-hydrogen) atoms. The standard InChI is InChI=1S/C15H17NO2/c16-10-12-6-8-14(9-7-12)18-11-15(17)13-4-2-1-3-5-13/h6-9,13H,1-5,11H2. The summed E-state index contributed by atoms with van der Waals surface area (Å²) in [5, 5.41) is 8.67. The largest absolute Gasteiger partial charge is 0.486 e. The lowest BCUT2D eigenvalue weighted by Gasteiger charge is -2.20. The Labute approximate surface area is 107 Å². The molecule has 94 valence electrons. The molecule has 3 nitrogen and oxygen atoms in total. The topological polar surface area (TPSA) is 50.1 Å². The van der Waals surface area contributed by atoms with Crippen molar-refractivity contribution in [3.63, 3.8) is 0 Å². The number of carbonyl (C=O) groups excluding carboxylic acids is 1. The molecule has 2 rings (SSSR count). The van der Waals surface area contributed by atoms with Gasteiger partial charge in [-0.15, -0.1) is 0 Å². The van der Waals surface area contributed by atoms with Crippen molar-refractivity contribution >= 4 is 5.78 Å². The van der Waals surface area contributed by atoms with E-state index in [0.29, 0.717) is 11.3 Å². The number of ketones is 1. The molecule has 0 amide bonds. The molecule has 0 unspecified atom stereocenters. The molecule has 0 aromatic heterocycles. The van der Waals surface area contributed by atoms with E-state index < -0.39 is 0 Å². The second-order valence-electron chi connectivity index (χ2n) is 4.73. The van der Waals surface area contributed by atoms with Crippen LogP contribution < -0.4 is 4.74 Å². The Morgan fingerprint density at radius 2 is 1.89 bits per heavy atom. The summed E-state index contributed by atoms with van der Waals surface area (Å²) in [4.78, 5) is 11.9. The van der Waals surface area contributed by atoms with Gasteiger partial charge in [0.2, 0.25) is 0 Å². The average Bonchev–Trinajstić information content (AvgIpc) is 2.46. The van der Waals surface area contributed by atoms with Crippen LogP contribution in [0.4, 0.5) is 0 Å². The van der Waals surface area contributed by atoms with Crippen LogP contribution in [0.15, 0.2) is 24.3 Å². The van der Waals surface area contributed by atoms with E-state index in [4.69, 9.17) is 10.00 Å². The molecule has 3 heteroatoms. The second-order valence-corrected chi connectivity index (χ2v) is 4.73. The molecule has 1 saturated carbocycles. The Morgan fingerprint density at radius 1 is 1.22 bits per heavy atom. The van der Waals surface area contributed by atoms with Gasteiger partial charge in [0.25, 0.3) is 0 Å². The summed E-state index contributed by atoms with van der Waals surface area (Å²) in [7, 11) is 0. The molecule has 0 N–H and O–H groups in total. The SMILES string of the molecule is N#Cc1ccc(OCC(=O)C2CCCCC2)cc1. The lowest BCUT2D eigenvalue weighted by atomic mass is 9.86. The van der Waals surface area contributed by atoms with Crippen molar-refractivity contribution in [2.24, 2.45) is 5.92 Å². The summed E-state index contributed by atoms with van der Waals surface area (Å²) < 4.78 is 5.46. The first-order valence-electron chi connectivity index (χ1n) is 6.45. The molecule has 0 heterocycles. The number of ether oxygens (including phenoxy) is 1. The van der Waals surface area contributed by atoms with Crippen LogP contribution in [0.3, 0.4) is 0 Å². The van der Waals surface area contributed by atoms with Crippen molar-refractivity contribution in [3.8, 4) is 11.8 Å². The molecular weight excluding hydrogens is 226 g/mol. The lowest BCUT2D eigenvalue weighted by Crippen LogP contribution is -2.23. The zero-order valence-corrected chi connectivity index (χ0v) is 10.4. The molecule has 1 aliphatic carbocycles. The number of nitriles is 1. The smallest absolute Gasteiger partial charge is 0.173 e. The van der Waals surface area contributed by atoms with Crippen LogP contribution in [-0.4, -0.2) is 12.4 Å². The Morgan fingerprint density at radius 3 is 2.50 bits per heavy atom. The van der Waals surface area contributed by atoms with Gasteiger partial charge in [0.15, 0.2) is 5.78 Å². The van der Waals surface area contributed by atoms with Gasteiger partial charge in [-0.05, 0) is 37.1 Å².